The Morgan fingerprint density at radius 2 is 2.50 bits per heavy atom. The molecule has 6 nitrogen and oxygen atoms in total. The molecule has 2 aromatic heterocycles. The van der Waals surface area contributed by atoms with Crippen molar-refractivity contribution in [3.63, 3.8) is 0 Å². The van der Waals surface area contributed by atoms with Crippen molar-refractivity contribution < 1.29 is 19.1 Å². The van der Waals surface area contributed by atoms with Gasteiger partial charge in [0.1, 0.15) is 23.5 Å². The van der Waals surface area contributed by atoms with Gasteiger partial charge in [0.05, 0.1) is 6.04 Å². The summed E-state index contributed by atoms with van der Waals surface area (Å²) in [6.07, 6.45) is 2.54. The molecule has 0 saturated carbocycles. The number of aliphatic hydroxyl groups excluding tert-OH is 1. The summed E-state index contributed by atoms with van der Waals surface area (Å²) in [5.74, 6) is 0.702. The van der Waals surface area contributed by atoms with Gasteiger partial charge in [0.15, 0.2) is 5.76 Å². The monoisotopic (exact) mass is 322 g/mol. The molecule has 0 aromatic carbocycles. The number of hydrogen-bond acceptors (Lipinski definition) is 6. The van der Waals surface area contributed by atoms with Gasteiger partial charge in [-0.15, -0.1) is 11.3 Å². The van der Waals surface area contributed by atoms with Crippen LogP contribution in [-0.4, -0.2) is 40.6 Å². The molecule has 0 spiro atoms. The van der Waals surface area contributed by atoms with Gasteiger partial charge in [-0.05, 0) is 25.0 Å². The van der Waals surface area contributed by atoms with Crippen LogP contribution >= 0.6 is 11.3 Å². The number of nitrogens with zero attached hydrogens (tertiary/aromatic N) is 2. The molecule has 1 N–H and O–H groups in total. The summed E-state index contributed by atoms with van der Waals surface area (Å²) in [6.45, 7) is 0.949. The Bertz CT molecular complexity index is 625. The van der Waals surface area contributed by atoms with Gasteiger partial charge >= 0.3 is 0 Å². The number of carbonyl (C=O) groups is 1. The van der Waals surface area contributed by atoms with Crippen LogP contribution < -0.4 is 0 Å². The highest BCUT2D eigenvalue weighted by atomic mass is 32.1. The number of ether oxygens (including phenoxy) is 1. The van der Waals surface area contributed by atoms with Crippen LogP contribution in [0, 0.1) is 0 Å². The molecule has 0 bridgehead atoms. The van der Waals surface area contributed by atoms with Crippen LogP contribution in [0.25, 0.3) is 0 Å². The number of hydrogen-bond donors (Lipinski definition) is 1. The average molecular weight is 322 g/mol. The predicted octanol–water partition coefficient (Wildman–Crippen LogP) is 2.22. The summed E-state index contributed by atoms with van der Waals surface area (Å²) >= 11 is 1.40. The fraction of sp³-hybridized carbons (Fsp3) is 0.467. The van der Waals surface area contributed by atoms with Crippen LogP contribution in [0.15, 0.2) is 28.1 Å². The third kappa shape index (κ3) is 2.92. The van der Waals surface area contributed by atoms with Crippen LogP contribution in [-0.2, 0) is 11.3 Å². The largest absolute Gasteiger partial charge is 0.453 e. The van der Waals surface area contributed by atoms with Crippen LogP contribution in [0.3, 0.4) is 0 Å². The molecule has 3 heterocycles. The first-order valence-electron chi connectivity index (χ1n) is 7.16. The summed E-state index contributed by atoms with van der Waals surface area (Å²) < 4.78 is 10.5. The first kappa shape index (κ1) is 15.2. The lowest BCUT2D eigenvalue weighted by Gasteiger charge is -2.26. The number of rotatable bonds is 5. The number of carbonyl (C=O) groups excluding carboxylic acids is 1. The molecule has 1 saturated heterocycles. The molecule has 7 heteroatoms. The maximum Gasteiger partial charge on any atom is 0.289 e. The third-order valence-corrected chi connectivity index (χ3v) is 4.63. The lowest BCUT2D eigenvalue weighted by atomic mass is 10.1. The van der Waals surface area contributed by atoms with E-state index in [2.05, 4.69) is 4.98 Å². The zero-order valence-corrected chi connectivity index (χ0v) is 13.1. The fourth-order valence-electron chi connectivity index (χ4n) is 2.77. The maximum atomic E-state index is 12.6. The molecule has 2 aromatic rings. The Morgan fingerprint density at radius 3 is 3.23 bits per heavy atom. The number of amides is 1. The SMILES string of the molecule is COCc1ccc(C(=O)N2CCC[C@H]2[C@H](O)c2nccs2)o1. The van der Waals surface area contributed by atoms with Crippen molar-refractivity contribution in [1.82, 2.24) is 9.88 Å². The molecular formula is C15H18N2O4S. The van der Waals surface area contributed by atoms with E-state index in [1.165, 1.54) is 11.3 Å². The molecule has 0 unspecified atom stereocenters. The van der Waals surface area contributed by atoms with Crippen LogP contribution in [0.1, 0.15) is 40.3 Å². The molecule has 1 aliphatic rings. The minimum Gasteiger partial charge on any atom is -0.453 e. The molecule has 1 aliphatic heterocycles. The first-order chi connectivity index (χ1) is 10.7. The van der Waals surface area contributed by atoms with E-state index in [4.69, 9.17) is 9.15 Å². The normalized spacial score (nSPS) is 19.5. The van der Waals surface area contributed by atoms with Crippen molar-refractivity contribution in [2.45, 2.75) is 31.6 Å². The van der Waals surface area contributed by atoms with Crippen molar-refractivity contribution in [3.8, 4) is 0 Å². The zero-order chi connectivity index (χ0) is 15.5. The number of thiazole rings is 1. The maximum absolute atomic E-state index is 12.6. The molecule has 0 radical (unpaired) electrons. The standard InChI is InChI=1S/C15H18N2O4S/c1-20-9-10-4-5-12(21-10)15(19)17-7-2-3-11(17)13(18)14-16-6-8-22-14/h4-6,8,11,13,18H,2-3,7,9H2,1H3/t11-,13-/m0/s1. The van der Waals surface area contributed by atoms with Gasteiger partial charge in [-0.1, -0.05) is 0 Å². The molecule has 2 atom stereocenters. The van der Waals surface area contributed by atoms with Crippen molar-refractivity contribution in [2.24, 2.45) is 0 Å². The average Bonchev–Trinajstić information content (AvgIpc) is 3.26. The zero-order valence-electron chi connectivity index (χ0n) is 12.3. The first-order valence-corrected chi connectivity index (χ1v) is 8.04. The summed E-state index contributed by atoms with van der Waals surface area (Å²) in [4.78, 5) is 18.4. The van der Waals surface area contributed by atoms with Crippen LogP contribution in [0.2, 0.25) is 0 Å². The highest BCUT2D eigenvalue weighted by molar-refractivity contribution is 7.09. The van der Waals surface area contributed by atoms with Gasteiger partial charge in [-0.3, -0.25) is 4.79 Å². The molecule has 1 fully saturated rings. The van der Waals surface area contributed by atoms with Gasteiger partial charge < -0.3 is 19.2 Å². The molecule has 118 valence electrons. The Labute approximate surface area is 132 Å². The topological polar surface area (TPSA) is 75.8 Å². The van der Waals surface area contributed by atoms with E-state index in [0.717, 1.165) is 12.8 Å². The quantitative estimate of drug-likeness (QED) is 0.913. The van der Waals surface area contributed by atoms with Crippen molar-refractivity contribution in [3.05, 3.63) is 40.2 Å². The van der Waals surface area contributed by atoms with Gasteiger partial charge in [0.2, 0.25) is 0 Å². The summed E-state index contributed by atoms with van der Waals surface area (Å²) in [7, 11) is 1.57. The molecule has 1 amide bonds. The number of aliphatic hydroxyl groups is 1. The molecular weight excluding hydrogens is 304 g/mol. The van der Waals surface area contributed by atoms with E-state index in [1.807, 2.05) is 5.38 Å². The Hall–Kier alpha value is -1.70. The molecule has 22 heavy (non-hydrogen) atoms. The van der Waals surface area contributed by atoms with Gasteiger partial charge in [-0.25, -0.2) is 4.98 Å². The number of likely N-dealkylation sites (tertiary alicyclic amines) is 1. The number of furan rings is 1. The smallest absolute Gasteiger partial charge is 0.289 e. The lowest BCUT2D eigenvalue weighted by Crippen LogP contribution is -2.39. The third-order valence-electron chi connectivity index (χ3n) is 3.79. The summed E-state index contributed by atoms with van der Waals surface area (Å²) in [5, 5.41) is 12.9. The van der Waals surface area contributed by atoms with Gasteiger partial charge in [0, 0.05) is 25.2 Å². The van der Waals surface area contributed by atoms with Crippen molar-refractivity contribution in [2.75, 3.05) is 13.7 Å². The summed E-state index contributed by atoms with van der Waals surface area (Å²) in [6, 6.07) is 3.13. The summed E-state index contributed by atoms with van der Waals surface area (Å²) in [5.41, 5.74) is 0. The van der Waals surface area contributed by atoms with E-state index in [9.17, 15) is 9.90 Å². The minimum atomic E-state index is -0.750. The van der Waals surface area contributed by atoms with E-state index in [0.29, 0.717) is 23.9 Å². The van der Waals surface area contributed by atoms with E-state index in [1.54, 1.807) is 30.3 Å². The van der Waals surface area contributed by atoms with E-state index < -0.39 is 6.10 Å². The lowest BCUT2D eigenvalue weighted by molar-refractivity contribution is 0.0456. The second kappa shape index (κ2) is 6.60. The van der Waals surface area contributed by atoms with Crippen LogP contribution in [0.4, 0.5) is 0 Å². The van der Waals surface area contributed by atoms with Crippen molar-refractivity contribution >= 4 is 17.2 Å². The fourth-order valence-corrected chi connectivity index (χ4v) is 3.45. The number of aromatic nitrogens is 1. The highest BCUT2D eigenvalue weighted by Gasteiger charge is 2.37. The van der Waals surface area contributed by atoms with Crippen molar-refractivity contribution in [1.29, 1.82) is 0 Å². The van der Waals surface area contributed by atoms with E-state index >= 15 is 0 Å². The predicted molar refractivity (Wildman–Crippen MR) is 80.6 cm³/mol. The van der Waals surface area contributed by atoms with Gasteiger partial charge in [0.25, 0.3) is 5.91 Å². The number of methoxy groups -OCH3 is 1. The molecule has 0 aliphatic carbocycles. The van der Waals surface area contributed by atoms with E-state index in [-0.39, 0.29) is 17.7 Å². The van der Waals surface area contributed by atoms with Crippen LogP contribution in [0.5, 0.6) is 0 Å². The highest BCUT2D eigenvalue weighted by Crippen LogP contribution is 2.31. The minimum absolute atomic E-state index is 0.194. The molecule has 3 rings (SSSR count). The van der Waals surface area contributed by atoms with Gasteiger partial charge in [-0.2, -0.15) is 0 Å². The Kier molecular flexibility index (Phi) is 4.56. The Morgan fingerprint density at radius 1 is 1.64 bits per heavy atom. The Balaban J connectivity index is 1.75. The second-order valence-corrected chi connectivity index (χ2v) is 6.15. The second-order valence-electron chi connectivity index (χ2n) is 5.22.